The number of aromatic nitrogens is 4. The van der Waals surface area contributed by atoms with Crippen molar-refractivity contribution in [3.63, 3.8) is 0 Å². The van der Waals surface area contributed by atoms with E-state index in [1.807, 2.05) is 56.9 Å². The summed E-state index contributed by atoms with van der Waals surface area (Å²) in [5.41, 5.74) is 11.3. The van der Waals surface area contributed by atoms with Crippen LogP contribution in [0.5, 0.6) is 0 Å². The molecule has 0 spiro atoms. The third kappa shape index (κ3) is 5.61. The highest BCUT2D eigenvalue weighted by atomic mass is 19.3. The molecule has 0 unspecified atom stereocenters. The fraction of sp³-hybridized carbons (Fsp3) is 0.459. The number of amides is 2. The minimum absolute atomic E-state index is 0.0310. The van der Waals surface area contributed by atoms with E-state index in [1.165, 1.54) is 4.90 Å². The maximum absolute atomic E-state index is 14.6. The first-order valence-electron chi connectivity index (χ1n) is 17.0. The second-order valence-corrected chi connectivity index (χ2v) is 14.4. The van der Waals surface area contributed by atoms with Crippen molar-refractivity contribution in [1.29, 1.82) is 0 Å². The van der Waals surface area contributed by atoms with Gasteiger partial charge in [-0.2, -0.15) is 0 Å². The van der Waals surface area contributed by atoms with E-state index in [9.17, 15) is 18.4 Å². The van der Waals surface area contributed by atoms with Crippen molar-refractivity contribution in [3.8, 4) is 11.1 Å². The number of carbonyl (C=O) groups is 2. The van der Waals surface area contributed by atoms with E-state index in [2.05, 4.69) is 39.2 Å². The summed E-state index contributed by atoms with van der Waals surface area (Å²) in [7, 11) is 0. The molecule has 7 rings (SSSR count). The number of H-pyrrole nitrogens is 2. The van der Waals surface area contributed by atoms with Gasteiger partial charge in [0.25, 0.3) is 5.92 Å². The lowest BCUT2D eigenvalue weighted by Crippen LogP contribution is -2.46. The molecule has 252 valence electrons. The third-order valence-corrected chi connectivity index (χ3v) is 10.4. The zero-order valence-electron chi connectivity index (χ0n) is 28.1. The Labute approximate surface area is 278 Å². The van der Waals surface area contributed by atoms with Gasteiger partial charge in [0.1, 0.15) is 11.6 Å². The highest BCUT2D eigenvalue weighted by Crippen LogP contribution is 2.42. The number of alkyl halides is 2. The zero-order chi connectivity index (χ0) is 34.1. The number of aromatic amines is 2. The molecule has 4 atom stereocenters. The highest BCUT2D eigenvalue weighted by molar-refractivity contribution is 6.05. The Kier molecular flexibility index (Phi) is 8.01. The van der Waals surface area contributed by atoms with Crippen molar-refractivity contribution in [2.75, 3.05) is 13.1 Å². The molecule has 2 aromatic heterocycles. The molecule has 2 saturated heterocycles. The normalized spacial score (nSPS) is 21.0. The van der Waals surface area contributed by atoms with Crippen LogP contribution in [0.15, 0.2) is 48.5 Å². The summed E-state index contributed by atoms with van der Waals surface area (Å²) in [5, 5.41) is 2.06. The summed E-state index contributed by atoms with van der Waals surface area (Å²) < 4.78 is 29.3. The first kappa shape index (κ1) is 32.2. The van der Waals surface area contributed by atoms with E-state index in [0.29, 0.717) is 17.9 Å². The van der Waals surface area contributed by atoms with Crippen molar-refractivity contribution < 1.29 is 18.4 Å². The van der Waals surface area contributed by atoms with Crippen LogP contribution in [0.1, 0.15) is 77.6 Å². The number of fused-ring (bicyclic) bond motifs is 4. The van der Waals surface area contributed by atoms with Gasteiger partial charge in [-0.15, -0.1) is 0 Å². The van der Waals surface area contributed by atoms with Crippen LogP contribution < -0.4 is 5.73 Å². The summed E-state index contributed by atoms with van der Waals surface area (Å²) in [6.45, 7) is 9.65. The lowest BCUT2D eigenvalue weighted by atomic mass is 9.96. The molecule has 0 radical (unpaired) electrons. The van der Waals surface area contributed by atoms with Crippen molar-refractivity contribution >= 4 is 44.7 Å². The topological polar surface area (TPSA) is 124 Å². The van der Waals surface area contributed by atoms with Gasteiger partial charge in [-0.3, -0.25) is 9.59 Å². The SMILES string of the molecule is CC(C)[C@H](C)C(=O)N1CC(F)(F)C[C@H]1c1nc2ccc(-c3ccc4c(ccc5nc([C@@H]6CCCN6C(=O)[C@@H](N)C(C)C)[nH]c54)c3)cc2[nH]1. The summed E-state index contributed by atoms with van der Waals surface area (Å²) in [6.07, 6.45) is 1.29. The van der Waals surface area contributed by atoms with Gasteiger partial charge in [0.15, 0.2) is 0 Å². The molecule has 4 N–H and O–H groups in total. The zero-order valence-corrected chi connectivity index (χ0v) is 28.1. The first-order chi connectivity index (χ1) is 22.8. The molecule has 5 aromatic rings. The second-order valence-electron chi connectivity index (χ2n) is 14.4. The predicted octanol–water partition coefficient (Wildman–Crippen LogP) is 7.11. The lowest BCUT2D eigenvalue weighted by molar-refractivity contribution is -0.138. The Morgan fingerprint density at radius 2 is 1.54 bits per heavy atom. The minimum atomic E-state index is -2.97. The smallest absolute Gasteiger partial charge is 0.267 e. The molecule has 2 aliphatic heterocycles. The van der Waals surface area contributed by atoms with Crippen molar-refractivity contribution in [3.05, 3.63) is 60.2 Å². The lowest BCUT2D eigenvalue weighted by Gasteiger charge is -2.27. The molecule has 9 nitrogen and oxygen atoms in total. The van der Waals surface area contributed by atoms with E-state index in [-0.39, 0.29) is 35.6 Å². The van der Waals surface area contributed by atoms with Gasteiger partial charge in [0.05, 0.1) is 46.7 Å². The van der Waals surface area contributed by atoms with Gasteiger partial charge in [-0.1, -0.05) is 58.9 Å². The van der Waals surface area contributed by atoms with Crippen LogP contribution >= 0.6 is 0 Å². The Balaban J connectivity index is 1.17. The Morgan fingerprint density at radius 1 is 0.854 bits per heavy atom. The van der Waals surface area contributed by atoms with Crippen LogP contribution in [0.3, 0.4) is 0 Å². The van der Waals surface area contributed by atoms with Crippen molar-refractivity contribution in [2.45, 2.75) is 77.9 Å². The number of rotatable bonds is 7. The number of likely N-dealkylation sites (tertiary alicyclic amines) is 2. The fourth-order valence-corrected chi connectivity index (χ4v) is 7.16. The maximum atomic E-state index is 14.6. The van der Waals surface area contributed by atoms with E-state index in [0.717, 1.165) is 57.1 Å². The number of hydrogen-bond acceptors (Lipinski definition) is 5. The predicted molar refractivity (Wildman–Crippen MR) is 183 cm³/mol. The number of nitrogens with two attached hydrogens (primary N) is 1. The largest absolute Gasteiger partial charge is 0.340 e. The van der Waals surface area contributed by atoms with Crippen LogP contribution in [-0.2, 0) is 9.59 Å². The van der Waals surface area contributed by atoms with Crippen LogP contribution in [0.2, 0.25) is 0 Å². The fourth-order valence-electron chi connectivity index (χ4n) is 7.16. The number of nitrogens with one attached hydrogen (secondary N) is 2. The van der Waals surface area contributed by atoms with E-state index >= 15 is 0 Å². The standard InChI is InChI=1S/C37H43F2N7O2/c1-19(2)21(5)35(47)46-18-37(38,39)17-30(46)34-41-26-12-9-23(16-28(26)43-34)22-8-11-25-24(15-22)10-13-27-32(25)44-33(42-27)29-7-6-14-45(29)36(48)31(40)20(3)4/h8-13,15-16,19-21,29-31H,6-7,14,17-18,40H2,1-5H3,(H,41,43)(H,42,44)/t21-,29-,30-,31-/m0/s1. The average Bonchev–Trinajstić information content (AvgIpc) is 3.86. The molecule has 2 amide bonds. The van der Waals surface area contributed by atoms with Gasteiger partial charge >= 0.3 is 0 Å². The summed E-state index contributed by atoms with van der Waals surface area (Å²) in [6, 6.07) is 14.6. The maximum Gasteiger partial charge on any atom is 0.267 e. The molecule has 0 bridgehead atoms. The third-order valence-electron chi connectivity index (χ3n) is 10.4. The van der Waals surface area contributed by atoms with Crippen LogP contribution in [-0.4, -0.2) is 66.6 Å². The quantitative estimate of drug-likeness (QED) is 0.173. The molecule has 2 aliphatic rings. The highest BCUT2D eigenvalue weighted by Gasteiger charge is 2.49. The van der Waals surface area contributed by atoms with E-state index in [1.54, 1.807) is 6.92 Å². The van der Waals surface area contributed by atoms with Crippen molar-refractivity contribution in [1.82, 2.24) is 29.7 Å². The monoisotopic (exact) mass is 655 g/mol. The summed E-state index contributed by atoms with van der Waals surface area (Å²) >= 11 is 0. The molecular formula is C37H43F2N7O2. The molecule has 0 saturated carbocycles. The molecule has 0 aliphatic carbocycles. The van der Waals surface area contributed by atoms with Gasteiger partial charge in [0.2, 0.25) is 11.8 Å². The Bertz CT molecular complexity index is 2030. The molecule has 4 heterocycles. The molecule has 3 aromatic carbocycles. The molecule has 48 heavy (non-hydrogen) atoms. The number of benzene rings is 3. The molecular weight excluding hydrogens is 612 g/mol. The average molecular weight is 656 g/mol. The second kappa shape index (κ2) is 11.9. The number of nitrogens with zero attached hydrogens (tertiary/aromatic N) is 4. The van der Waals surface area contributed by atoms with Gasteiger partial charge in [-0.25, -0.2) is 18.7 Å². The van der Waals surface area contributed by atoms with E-state index < -0.39 is 31.0 Å². The van der Waals surface area contributed by atoms with Crippen LogP contribution in [0.4, 0.5) is 8.78 Å². The van der Waals surface area contributed by atoms with Gasteiger partial charge in [0, 0.05) is 24.3 Å². The molecule has 11 heteroatoms. The Morgan fingerprint density at radius 3 is 2.29 bits per heavy atom. The number of halogens is 2. The van der Waals surface area contributed by atoms with Gasteiger partial charge < -0.3 is 25.5 Å². The van der Waals surface area contributed by atoms with Crippen molar-refractivity contribution in [2.24, 2.45) is 23.5 Å². The number of carbonyl (C=O) groups excluding carboxylic acids is 2. The van der Waals surface area contributed by atoms with Gasteiger partial charge in [-0.05, 0) is 65.5 Å². The Hall–Kier alpha value is -4.38. The number of imidazole rings is 2. The van der Waals surface area contributed by atoms with Crippen LogP contribution in [0.25, 0.3) is 44.0 Å². The first-order valence-corrected chi connectivity index (χ1v) is 17.0. The summed E-state index contributed by atoms with van der Waals surface area (Å²) in [5.74, 6) is -2.37. The summed E-state index contributed by atoms with van der Waals surface area (Å²) in [4.78, 5) is 45.9. The molecule has 2 fully saturated rings. The number of hydrogen-bond donors (Lipinski definition) is 3. The minimum Gasteiger partial charge on any atom is -0.340 e. The van der Waals surface area contributed by atoms with E-state index in [4.69, 9.17) is 10.7 Å². The van der Waals surface area contributed by atoms with Crippen LogP contribution in [0, 0.1) is 17.8 Å².